The predicted molar refractivity (Wildman–Crippen MR) is 113 cm³/mol. The van der Waals surface area contributed by atoms with Gasteiger partial charge in [0, 0.05) is 63.6 Å². The molecule has 0 aliphatic carbocycles. The summed E-state index contributed by atoms with van der Waals surface area (Å²) >= 11 is 0. The Morgan fingerprint density at radius 3 is 2.85 bits per heavy atom. The summed E-state index contributed by atoms with van der Waals surface area (Å²) in [7, 11) is 3.73. The van der Waals surface area contributed by atoms with Crippen LogP contribution in [0.25, 0.3) is 0 Å². The van der Waals surface area contributed by atoms with Gasteiger partial charge in [-0.1, -0.05) is 0 Å². The Hall–Kier alpha value is -1.88. The molecule has 1 aliphatic heterocycles. The maximum absolute atomic E-state index is 5.89. The molecule has 2 aromatic heterocycles. The van der Waals surface area contributed by atoms with E-state index in [2.05, 4.69) is 30.6 Å². The molecule has 1 atom stereocenters. The van der Waals surface area contributed by atoms with Crippen LogP contribution in [0.1, 0.15) is 11.7 Å². The van der Waals surface area contributed by atoms with E-state index in [1.807, 2.05) is 38.6 Å². The van der Waals surface area contributed by atoms with Crippen molar-refractivity contribution in [3.63, 3.8) is 0 Å². The van der Waals surface area contributed by atoms with Crippen molar-refractivity contribution in [2.45, 2.75) is 6.10 Å². The van der Waals surface area contributed by atoms with E-state index in [-0.39, 0.29) is 30.1 Å². The number of anilines is 1. The van der Waals surface area contributed by atoms with Gasteiger partial charge in [0.25, 0.3) is 0 Å². The summed E-state index contributed by atoms with van der Waals surface area (Å²) in [6.45, 7) is 3.86. The number of ether oxygens (including phenoxy) is 1. The third kappa shape index (κ3) is 5.56. The second-order valence-corrected chi connectivity index (χ2v) is 5.89. The Labute approximate surface area is 171 Å². The lowest BCUT2D eigenvalue weighted by atomic mass is 10.1. The molecular formula is C17H26IN7O. The van der Waals surface area contributed by atoms with Crippen molar-refractivity contribution < 1.29 is 4.74 Å². The van der Waals surface area contributed by atoms with E-state index in [9.17, 15) is 0 Å². The summed E-state index contributed by atoms with van der Waals surface area (Å²) in [5.74, 6) is 0.897. The topological polar surface area (TPSA) is 79.6 Å². The number of nitrogens with one attached hydrogen (secondary N) is 2. The molecule has 9 heteroatoms. The van der Waals surface area contributed by atoms with E-state index >= 15 is 0 Å². The fraction of sp³-hybridized carbons (Fsp3) is 0.471. The van der Waals surface area contributed by atoms with E-state index in [0.717, 1.165) is 43.4 Å². The van der Waals surface area contributed by atoms with Gasteiger partial charge in [-0.25, -0.2) is 0 Å². The van der Waals surface area contributed by atoms with Gasteiger partial charge in [-0.2, -0.15) is 5.10 Å². The van der Waals surface area contributed by atoms with Crippen LogP contribution in [-0.2, 0) is 11.8 Å². The van der Waals surface area contributed by atoms with Gasteiger partial charge in [-0.05, 0) is 12.1 Å². The molecule has 8 nitrogen and oxygen atoms in total. The number of rotatable bonds is 5. The van der Waals surface area contributed by atoms with Crippen LogP contribution in [-0.4, -0.2) is 65.5 Å². The van der Waals surface area contributed by atoms with Crippen LogP contribution in [0, 0.1) is 0 Å². The second kappa shape index (κ2) is 10.3. The van der Waals surface area contributed by atoms with Gasteiger partial charge >= 0.3 is 0 Å². The molecule has 0 radical (unpaired) electrons. The number of halogens is 1. The molecule has 1 unspecified atom stereocenters. The maximum atomic E-state index is 5.89. The number of aryl methyl sites for hydroxylation is 1. The van der Waals surface area contributed by atoms with Crippen LogP contribution in [0.4, 0.5) is 5.69 Å². The Kier molecular flexibility index (Phi) is 8.10. The summed E-state index contributed by atoms with van der Waals surface area (Å²) < 4.78 is 7.69. The first-order chi connectivity index (χ1) is 12.3. The zero-order valence-corrected chi connectivity index (χ0v) is 17.5. The first-order valence-electron chi connectivity index (χ1n) is 8.46. The van der Waals surface area contributed by atoms with E-state index in [1.54, 1.807) is 17.1 Å². The standard InChI is InChI=1S/C17H25N7O.HI/c1-18-17(21-8-7-20-15-3-5-19-6-4-15)24-9-10-25-16(13-24)14-11-22-23(2)12-14;/h3-6,11-12,16H,7-10,13H2,1-2H3,(H,18,21)(H,19,20);1H. The van der Waals surface area contributed by atoms with E-state index in [0.29, 0.717) is 6.61 Å². The number of pyridine rings is 1. The van der Waals surface area contributed by atoms with Crippen LogP contribution in [0.3, 0.4) is 0 Å². The molecule has 1 saturated heterocycles. The lowest BCUT2D eigenvalue weighted by Gasteiger charge is -2.34. The molecule has 2 N–H and O–H groups in total. The second-order valence-electron chi connectivity index (χ2n) is 5.89. The van der Waals surface area contributed by atoms with Gasteiger partial charge in [0.05, 0.1) is 19.3 Å². The quantitative estimate of drug-likeness (QED) is 0.298. The van der Waals surface area contributed by atoms with Crippen molar-refractivity contribution in [1.82, 2.24) is 25.0 Å². The number of hydrogen-bond acceptors (Lipinski definition) is 5. The fourth-order valence-corrected chi connectivity index (χ4v) is 2.83. The summed E-state index contributed by atoms with van der Waals surface area (Å²) in [6, 6.07) is 3.91. The van der Waals surface area contributed by atoms with Crippen molar-refractivity contribution in [2.75, 3.05) is 45.2 Å². The largest absolute Gasteiger partial charge is 0.383 e. The minimum Gasteiger partial charge on any atom is -0.383 e. The molecule has 3 heterocycles. The van der Waals surface area contributed by atoms with Crippen molar-refractivity contribution >= 4 is 35.6 Å². The molecule has 1 aliphatic rings. The van der Waals surface area contributed by atoms with E-state index < -0.39 is 0 Å². The first kappa shape index (κ1) is 20.4. The Morgan fingerprint density at radius 1 is 1.35 bits per heavy atom. The fourth-order valence-electron chi connectivity index (χ4n) is 2.83. The first-order valence-corrected chi connectivity index (χ1v) is 8.46. The van der Waals surface area contributed by atoms with Crippen molar-refractivity contribution in [3.05, 3.63) is 42.5 Å². The molecule has 3 rings (SSSR count). The number of hydrogen-bond donors (Lipinski definition) is 2. The third-order valence-electron chi connectivity index (χ3n) is 4.09. The summed E-state index contributed by atoms with van der Waals surface area (Å²) in [5.41, 5.74) is 2.16. The highest BCUT2D eigenvalue weighted by molar-refractivity contribution is 14.0. The Bertz CT molecular complexity index is 691. The summed E-state index contributed by atoms with van der Waals surface area (Å²) in [6.07, 6.45) is 7.45. The lowest BCUT2D eigenvalue weighted by Crippen LogP contribution is -2.49. The van der Waals surface area contributed by atoms with E-state index in [4.69, 9.17) is 4.74 Å². The number of aromatic nitrogens is 3. The van der Waals surface area contributed by atoms with Gasteiger partial charge in [0.2, 0.25) is 0 Å². The molecule has 26 heavy (non-hydrogen) atoms. The highest BCUT2D eigenvalue weighted by Crippen LogP contribution is 2.21. The van der Waals surface area contributed by atoms with Crippen molar-refractivity contribution in [1.29, 1.82) is 0 Å². The molecular weight excluding hydrogens is 445 g/mol. The molecule has 2 aromatic rings. The minimum absolute atomic E-state index is 0. The predicted octanol–water partition coefficient (Wildman–Crippen LogP) is 1.49. The van der Waals surface area contributed by atoms with Gasteiger partial charge in [0.1, 0.15) is 6.10 Å². The normalized spacial score (nSPS) is 17.5. The number of morpholine rings is 1. The van der Waals surface area contributed by atoms with Gasteiger partial charge in [-0.15, -0.1) is 24.0 Å². The smallest absolute Gasteiger partial charge is 0.193 e. The average Bonchev–Trinajstić information content (AvgIpc) is 3.09. The number of guanidine groups is 1. The molecule has 0 saturated carbocycles. The highest BCUT2D eigenvalue weighted by atomic mass is 127. The van der Waals surface area contributed by atoms with Crippen molar-refractivity contribution in [2.24, 2.45) is 12.0 Å². The SMILES string of the molecule is CN=C(NCCNc1ccncc1)N1CCOC(c2cnn(C)c2)C1.I. The van der Waals surface area contributed by atoms with E-state index in [1.165, 1.54) is 0 Å². The van der Waals surface area contributed by atoms with Crippen LogP contribution >= 0.6 is 24.0 Å². The van der Waals surface area contributed by atoms with Gasteiger partial charge in [-0.3, -0.25) is 14.7 Å². The van der Waals surface area contributed by atoms with Crippen LogP contribution < -0.4 is 10.6 Å². The molecule has 0 amide bonds. The lowest BCUT2D eigenvalue weighted by molar-refractivity contribution is -0.00799. The van der Waals surface area contributed by atoms with Crippen molar-refractivity contribution in [3.8, 4) is 0 Å². The van der Waals surface area contributed by atoms with Crippen LogP contribution in [0.5, 0.6) is 0 Å². The van der Waals surface area contributed by atoms with Crippen LogP contribution in [0.15, 0.2) is 41.9 Å². The number of nitrogens with zero attached hydrogens (tertiary/aromatic N) is 5. The Morgan fingerprint density at radius 2 is 2.15 bits per heavy atom. The minimum atomic E-state index is 0. The molecule has 0 spiro atoms. The zero-order chi connectivity index (χ0) is 17.5. The molecule has 1 fully saturated rings. The Balaban J connectivity index is 0.00000243. The van der Waals surface area contributed by atoms with Gasteiger partial charge in [0.15, 0.2) is 5.96 Å². The highest BCUT2D eigenvalue weighted by Gasteiger charge is 2.24. The van der Waals surface area contributed by atoms with Crippen LogP contribution in [0.2, 0.25) is 0 Å². The molecule has 0 aromatic carbocycles. The molecule has 0 bridgehead atoms. The monoisotopic (exact) mass is 471 g/mol. The average molecular weight is 471 g/mol. The maximum Gasteiger partial charge on any atom is 0.193 e. The third-order valence-corrected chi connectivity index (χ3v) is 4.09. The number of aliphatic imine (C=N–C) groups is 1. The van der Waals surface area contributed by atoms with Gasteiger partial charge < -0.3 is 20.3 Å². The summed E-state index contributed by atoms with van der Waals surface area (Å²) in [5, 5.41) is 11.0. The molecule has 142 valence electrons. The zero-order valence-electron chi connectivity index (χ0n) is 15.1. The summed E-state index contributed by atoms with van der Waals surface area (Å²) in [4.78, 5) is 10.6.